The Hall–Kier alpha value is -3.40. The van der Waals surface area contributed by atoms with Gasteiger partial charge in [-0.05, 0) is 24.6 Å². The van der Waals surface area contributed by atoms with Gasteiger partial charge in [-0.1, -0.05) is 6.07 Å². The van der Waals surface area contributed by atoms with Gasteiger partial charge in [0.05, 0.1) is 26.8 Å². The van der Waals surface area contributed by atoms with Gasteiger partial charge in [0.15, 0.2) is 17.3 Å². The molecule has 1 atom stereocenters. The van der Waals surface area contributed by atoms with Gasteiger partial charge in [-0.25, -0.2) is 14.6 Å². The number of aromatic amines is 1. The molecule has 0 bridgehead atoms. The molecule has 29 heavy (non-hydrogen) atoms. The highest BCUT2D eigenvalue weighted by Crippen LogP contribution is 2.28. The van der Waals surface area contributed by atoms with E-state index in [-0.39, 0.29) is 18.5 Å². The van der Waals surface area contributed by atoms with Crippen molar-refractivity contribution >= 4 is 5.91 Å². The van der Waals surface area contributed by atoms with Gasteiger partial charge in [-0.2, -0.15) is 5.10 Å². The lowest BCUT2D eigenvalue weighted by Gasteiger charge is -2.08. The molecular formula is C19H25N7O3. The zero-order valence-electron chi connectivity index (χ0n) is 16.7. The van der Waals surface area contributed by atoms with E-state index in [1.807, 2.05) is 25.1 Å². The first-order chi connectivity index (χ1) is 14.0. The summed E-state index contributed by atoms with van der Waals surface area (Å²) in [5, 5.41) is 7.27. The molecule has 0 aliphatic rings. The molecule has 2 heterocycles. The number of aromatic nitrogens is 5. The van der Waals surface area contributed by atoms with Gasteiger partial charge in [-0.15, -0.1) is 0 Å². The van der Waals surface area contributed by atoms with Gasteiger partial charge in [0.1, 0.15) is 18.2 Å². The molecule has 1 unspecified atom stereocenters. The third-order valence-corrected chi connectivity index (χ3v) is 4.26. The Bertz CT molecular complexity index is 951. The fourth-order valence-electron chi connectivity index (χ4n) is 2.87. The van der Waals surface area contributed by atoms with Crippen LogP contribution in [0, 0.1) is 0 Å². The van der Waals surface area contributed by atoms with Gasteiger partial charge in [-0.3, -0.25) is 4.79 Å². The summed E-state index contributed by atoms with van der Waals surface area (Å²) in [7, 11) is 3.18. The minimum atomic E-state index is -0.362. The van der Waals surface area contributed by atoms with Crippen LogP contribution in [0.1, 0.15) is 36.0 Å². The molecule has 0 saturated heterocycles. The van der Waals surface area contributed by atoms with E-state index >= 15 is 0 Å². The topological polar surface area (TPSA) is 133 Å². The lowest BCUT2D eigenvalue weighted by Crippen LogP contribution is -2.29. The van der Waals surface area contributed by atoms with Crippen LogP contribution in [0.4, 0.5) is 0 Å². The van der Waals surface area contributed by atoms with E-state index in [1.165, 1.54) is 4.68 Å². The minimum Gasteiger partial charge on any atom is -0.493 e. The highest BCUT2D eigenvalue weighted by Gasteiger charge is 2.17. The van der Waals surface area contributed by atoms with Crippen molar-refractivity contribution < 1.29 is 14.3 Å². The maximum atomic E-state index is 12.3. The van der Waals surface area contributed by atoms with Crippen molar-refractivity contribution in [1.82, 2.24) is 30.0 Å². The molecule has 0 spiro atoms. The van der Waals surface area contributed by atoms with Crippen LogP contribution in [-0.4, -0.2) is 44.9 Å². The Kier molecular flexibility index (Phi) is 6.45. The second-order valence-electron chi connectivity index (χ2n) is 6.51. The van der Waals surface area contributed by atoms with Crippen LogP contribution < -0.4 is 20.5 Å². The van der Waals surface area contributed by atoms with Crippen molar-refractivity contribution in [2.24, 2.45) is 5.73 Å². The second-order valence-corrected chi connectivity index (χ2v) is 6.51. The summed E-state index contributed by atoms with van der Waals surface area (Å²) in [5.41, 5.74) is 6.98. The molecule has 0 aliphatic carbocycles. The van der Waals surface area contributed by atoms with Crippen LogP contribution in [0.2, 0.25) is 0 Å². The van der Waals surface area contributed by atoms with Crippen LogP contribution in [0.3, 0.4) is 0 Å². The van der Waals surface area contributed by atoms with Crippen molar-refractivity contribution in [1.29, 1.82) is 0 Å². The van der Waals surface area contributed by atoms with Gasteiger partial charge in [0.25, 0.3) is 0 Å². The van der Waals surface area contributed by atoms with E-state index in [1.54, 1.807) is 26.6 Å². The Morgan fingerprint density at radius 1 is 1.31 bits per heavy atom. The second kappa shape index (κ2) is 9.20. The molecule has 3 rings (SSSR count). The molecule has 1 aromatic carbocycles. The van der Waals surface area contributed by atoms with Crippen molar-refractivity contribution in [3.05, 3.63) is 53.6 Å². The molecule has 0 radical (unpaired) electrons. The van der Waals surface area contributed by atoms with Crippen molar-refractivity contribution in [2.75, 3.05) is 14.2 Å². The molecule has 1 amide bonds. The van der Waals surface area contributed by atoms with Crippen LogP contribution in [0.5, 0.6) is 11.5 Å². The number of hydrogen-bond donors (Lipinski definition) is 3. The van der Waals surface area contributed by atoms with E-state index in [0.717, 1.165) is 5.56 Å². The zero-order valence-corrected chi connectivity index (χ0v) is 16.7. The Balaban J connectivity index is 1.72. The summed E-state index contributed by atoms with van der Waals surface area (Å²) in [4.78, 5) is 23.8. The predicted octanol–water partition coefficient (Wildman–Crippen LogP) is 0.945. The molecule has 154 valence electrons. The number of rotatable bonds is 9. The summed E-state index contributed by atoms with van der Waals surface area (Å²) in [5.74, 6) is 2.88. The number of hydrogen-bond acceptors (Lipinski definition) is 7. The van der Waals surface area contributed by atoms with Gasteiger partial charge >= 0.3 is 0 Å². The molecule has 4 N–H and O–H groups in total. The third-order valence-electron chi connectivity index (χ3n) is 4.26. The SMILES string of the molecule is COc1ccc(Cc2nc(C(C)N)n(CC(=O)NCc3ncc[nH]3)n2)cc1OC. The van der Waals surface area contributed by atoms with Crippen LogP contribution in [0.25, 0.3) is 0 Å². The van der Waals surface area contributed by atoms with Crippen LogP contribution >= 0.6 is 0 Å². The summed E-state index contributed by atoms with van der Waals surface area (Å²) < 4.78 is 12.1. The number of nitrogens with zero attached hydrogens (tertiary/aromatic N) is 4. The quantitative estimate of drug-likeness (QED) is 0.488. The number of benzene rings is 1. The summed E-state index contributed by atoms with van der Waals surface area (Å²) >= 11 is 0. The largest absolute Gasteiger partial charge is 0.493 e. The maximum absolute atomic E-state index is 12.3. The number of nitrogens with one attached hydrogen (secondary N) is 2. The monoisotopic (exact) mass is 399 g/mol. The number of H-pyrrole nitrogens is 1. The summed E-state index contributed by atoms with van der Waals surface area (Å²) in [6.45, 7) is 2.14. The Morgan fingerprint density at radius 3 is 2.76 bits per heavy atom. The smallest absolute Gasteiger partial charge is 0.242 e. The number of imidazole rings is 1. The number of methoxy groups -OCH3 is 2. The van der Waals surface area contributed by atoms with Crippen molar-refractivity contribution in [2.45, 2.75) is 32.5 Å². The normalized spacial score (nSPS) is 11.9. The van der Waals surface area contributed by atoms with Gasteiger partial charge < -0.3 is 25.5 Å². The van der Waals surface area contributed by atoms with E-state index in [2.05, 4.69) is 25.4 Å². The number of carbonyl (C=O) groups excluding carboxylic acids is 1. The van der Waals surface area contributed by atoms with Crippen LogP contribution in [-0.2, 0) is 24.3 Å². The van der Waals surface area contributed by atoms with Gasteiger partial charge in [0.2, 0.25) is 5.91 Å². The number of nitrogens with two attached hydrogens (primary N) is 1. The lowest BCUT2D eigenvalue weighted by atomic mass is 10.1. The molecule has 0 fully saturated rings. The van der Waals surface area contributed by atoms with E-state index in [4.69, 9.17) is 15.2 Å². The Labute approximate surface area is 168 Å². The van der Waals surface area contributed by atoms with Crippen molar-refractivity contribution in [3.63, 3.8) is 0 Å². The number of ether oxygens (including phenoxy) is 2. The third kappa shape index (κ3) is 5.11. The first-order valence-corrected chi connectivity index (χ1v) is 9.15. The molecule has 0 saturated carbocycles. The molecule has 3 aromatic rings. The first kappa shape index (κ1) is 20.3. The van der Waals surface area contributed by atoms with Gasteiger partial charge in [0, 0.05) is 18.8 Å². The zero-order chi connectivity index (χ0) is 20.8. The van der Waals surface area contributed by atoms with Crippen molar-refractivity contribution in [3.8, 4) is 11.5 Å². The molecule has 10 heteroatoms. The number of amides is 1. The molecule has 10 nitrogen and oxygen atoms in total. The first-order valence-electron chi connectivity index (χ1n) is 9.15. The standard InChI is InChI=1S/C19H25N7O3/c1-12(20)19-24-16(9-13-4-5-14(28-2)15(8-13)29-3)25-26(19)11-18(27)23-10-17-21-6-7-22-17/h4-8,12H,9-11,20H2,1-3H3,(H,21,22)(H,23,27). The summed E-state index contributed by atoms with van der Waals surface area (Å²) in [6, 6.07) is 5.27. The lowest BCUT2D eigenvalue weighted by molar-refractivity contribution is -0.122. The highest BCUT2D eigenvalue weighted by atomic mass is 16.5. The highest BCUT2D eigenvalue weighted by molar-refractivity contribution is 5.75. The predicted molar refractivity (Wildman–Crippen MR) is 105 cm³/mol. The van der Waals surface area contributed by atoms with E-state index < -0.39 is 0 Å². The molecule has 2 aromatic heterocycles. The average molecular weight is 399 g/mol. The van der Waals surface area contributed by atoms with Crippen LogP contribution in [0.15, 0.2) is 30.6 Å². The van der Waals surface area contributed by atoms with E-state index in [9.17, 15) is 4.79 Å². The fraction of sp³-hybridized carbons (Fsp3) is 0.368. The fourth-order valence-corrected chi connectivity index (χ4v) is 2.87. The molecule has 0 aliphatic heterocycles. The summed E-state index contributed by atoms with van der Waals surface area (Å²) in [6.07, 6.45) is 3.81. The number of carbonyl (C=O) groups is 1. The minimum absolute atomic E-state index is 0.0243. The van der Waals surface area contributed by atoms with E-state index in [0.29, 0.717) is 41.9 Å². The average Bonchev–Trinajstić information content (AvgIpc) is 3.36. The molecular weight excluding hydrogens is 374 g/mol. The Morgan fingerprint density at radius 2 is 2.10 bits per heavy atom. The maximum Gasteiger partial charge on any atom is 0.242 e.